The molecule has 1 aliphatic rings. The first-order valence-corrected chi connectivity index (χ1v) is 9.50. The summed E-state index contributed by atoms with van der Waals surface area (Å²) < 4.78 is 26.3. The van der Waals surface area contributed by atoms with E-state index in [1.165, 1.54) is 6.07 Å². The molecule has 1 amide bonds. The fourth-order valence-corrected chi connectivity index (χ4v) is 3.57. The second-order valence-electron chi connectivity index (χ2n) is 7.55. The van der Waals surface area contributed by atoms with Crippen molar-refractivity contribution >= 4 is 29.8 Å². The molecule has 0 saturated heterocycles. The summed E-state index contributed by atoms with van der Waals surface area (Å²) in [6, 6.07) is 5.58. The van der Waals surface area contributed by atoms with Gasteiger partial charge in [-0.2, -0.15) is 0 Å². The van der Waals surface area contributed by atoms with Crippen LogP contribution in [0.15, 0.2) is 30.5 Å². The third kappa shape index (κ3) is 5.79. The molecule has 1 aliphatic carbocycles. The number of rotatable bonds is 5. The van der Waals surface area contributed by atoms with Crippen molar-refractivity contribution in [3.63, 3.8) is 0 Å². The van der Waals surface area contributed by atoms with Crippen molar-refractivity contribution < 1.29 is 13.6 Å². The van der Waals surface area contributed by atoms with Crippen molar-refractivity contribution in [1.29, 1.82) is 0 Å². The summed E-state index contributed by atoms with van der Waals surface area (Å²) in [6.07, 6.45) is 5.30. The number of halogens is 3. The lowest BCUT2D eigenvalue weighted by molar-refractivity contribution is 0.0926. The molecule has 0 spiro atoms. The number of carbonyl (C=O) groups is 1. The minimum atomic E-state index is -1.01. The van der Waals surface area contributed by atoms with Crippen molar-refractivity contribution in [2.24, 2.45) is 0 Å². The molecular weight excluding hydrogens is 398 g/mol. The Bertz CT molecular complexity index is 855. The maximum Gasteiger partial charge on any atom is 0.251 e. The molecule has 2 aromatic rings. The third-order valence-corrected chi connectivity index (χ3v) is 5.15. The summed E-state index contributed by atoms with van der Waals surface area (Å²) >= 11 is 0. The van der Waals surface area contributed by atoms with Gasteiger partial charge in [-0.3, -0.25) is 4.79 Å². The second kappa shape index (κ2) is 9.87. The van der Waals surface area contributed by atoms with Crippen LogP contribution in [0.3, 0.4) is 0 Å². The molecule has 158 valence electrons. The Kier molecular flexibility index (Phi) is 7.79. The van der Waals surface area contributed by atoms with Crippen LogP contribution in [-0.2, 0) is 0 Å². The van der Waals surface area contributed by atoms with Gasteiger partial charge in [0.1, 0.15) is 5.82 Å². The Labute approximate surface area is 176 Å². The van der Waals surface area contributed by atoms with Crippen LogP contribution in [0, 0.1) is 18.6 Å². The molecular formula is C21H27ClF2N4O. The molecule has 5 nitrogen and oxygen atoms in total. The smallest absolute Gasteiger partial charge is 0.251 e. The molecule has 8 heteroatoms. The van der Waals surface area contributed by atoms with Gasteiger partial charge in [-0.1, -0.05) is 0 Å². The average Bonchev–Trinajstić information content (AvgIpc) is 2.66. The second-order valence-corrected chi connectivity index (χ2v) is 7.55. The molecule has 0 unspecified atom stereocenters. The number of pyridine rings is 1. The monoisotopic (exact) mass is 424 g/mol. The van der Waals surface area contributed by atoms with E-state index in [0.717, 1.165) is 54.9 Å². The summed E-state index contributed by atoms with van der Waals surface area (Å²) in [6.45, 7) is 2.03. The summed E-state index contributed by atoms with van der Waals surface area (Å²) in [4.78, 5) is 18.8. The quantitative estimate of drug-likeness (QED) is 0.751. The highest BCUT2D eigenvalue weighted by atomic mass is 35.5. The van der Waals surface area contributed by atoms with Crippen molar-refractivity contribution in [2.45, 2.75) is 44.7 Å². The first-order valence-electron chi connectivity index (χ1n) is 9.50. The summed E-state index contributed by atoms with van der Waals surface area (Å²) in [5.74, 6) is -1.48. The Morgan fingerprint density at radius 2 is 1.72 bits per heavy atom. The summed E-state index contributed by atoms with van der Waals surface area (Å²) in [5, 5.41) is 6.40. The third-order valence-electron chi connectivity index (χ3n) is 5.15. The van der Waals surface area contributed by atoms with Crippen LogP contribution in [0.1, 0.15) is 41.6 Å². The first kappa shape index (κ1) is 22.9. The molecule has 3 rings (SSSR count). The summed E-state index contributed by atoms with van der Waals surface area (Å²) in [7, 11) is 4.01. The van der Waals surface area contributed by atoms with Crippen molar-refractivity contribution in [3.8, 4) is 0 Å². The van der Waals surface area contributed by atoms with Gasteiger partial charge in [-0.25, -0.2) is 13.8 Å². The van der Waals surface area contributed by atoms with E-state index >= 15 is 0 Å². The fraction of sp³-hybridized carbons (Fsp3) is 0.429. The van der Waals surface area contributed by atoms with E-state index in [4.69, 9.17) is 0 Å². The van der Waals surface area contributed by atoms with Gasteiger partial charge in [0.15, 0.2) is 11.6 Å². The number of amides is 1. The molecule has 0 aliphatic heterocycles. The number of nitrogens with one attached hydrogen (secondary N) is 2. The zero-order chi connectivity index (χ0) is 20.3. The lowest BCUT2D eigenvalue weighted by atomic mass is 9.91. The number of anilines is 2. The largest absolute Gasteiger partial charge is 0.377 e. The van der Waals surface area contributed by atoms with Crippen LogP contribution in [0.2, 0.25) is 0 Å². The number of hydrogen-bond donors (Lipinski definition) is 2. The maximum absolute atomic E-state index is 13.3. The minimum Gasteiger partial charge on any atom is -0.377 e. The van der Waals surface area contributed by atoms with Crippen molar-refractivity contribution in [3.05, 3.63) is 53.2 Å². The molecule has 1 heterocycles. The Morgan fingerprint density at radius 1 is 1.07 bits per heavy atom. The van der Waals surface area contributed by atoms with Gasteiger partial charge in [-0.15, -0.1) is 12.4 Å². The fourth-order valence-electron chi connectivity index (χ4n) is 3.57. The predicted molar refractivity (Wildman–Crippen MR) is 114 cm³/mol. The Balaban J connectivity index is 0.00000300. The highest BCUT2D eigenvalue weighted by molar-refractivity contribution is 5.94. The molecule has 1 fully saturated rings. The zero-order valence-corrected chi connectivity index (χ0v) is 17.7. The van der Waals surface area contributed by atoms with E-state index in [0.29, 0.717) is 6.04 Å². The number of nitrogens with zero attached hydrogens (tertiary/aromatic N) is 2. The first-order chi connectivity index (χ1) is 13.3. The number of aromatic nitrogens is 1. The van der Waals surface area contributed by atoms with Gasteiger partial charge in [0.05, 0.1) is 0 Å². The molecule has 0 bridgehead atoms. The van der Waals surface area contributed by atoms with Crippen LogP contribution in [0.25, 0.3) is 0 Å². The van der Waals surface area contributed by atoms with Gasteiger partial charge in [0, 0.05) is 49.7 Å². The van der Waals surface area contributed by atoms with Crippen LogP contribution < -0.4 is 15.5 Å². The highest BCUT2D eigenvalue weighted by Gasteiger charge is 2.23. The number of benzene rings is 1. The van der Waals surface area contributed by atoms with Gasteiger partial charge in [0.25, 0.3) is 5.91 Å². The van der Waals surface area contributed by atoms with E-state index < -0.39 is 11.6 Å². The van der Waals surface area contributed by atoms with E-state index in [-0.39, 0.29) is 29.9 Å². The van der Waals surface area contributed by atoms with Crippen LogP contribution in [-0.4, -0.2) is 37.1 Å². The lowest BCUT2D eigenvalue weighted by Gasteiger charge is -2.30. The van der Waals surface area contributed by atoms with Gasteiger partial charge >= 0.3 is 0 Å². The Morgan fingerprint density at radius 3 is 2.34 bits per heavy atom. The molecule has 1 aromatic heterocycles. The van der Waals surface area contributed by atoms with Crippen molar-refractivity contribution in [2.75, 3.05) is 24.3 Å². The van der Waals surface area contributed by atoms with E-state index in [9.17, 15) is 13.6 Å². The maximum atomic E-state index is 13.3. The van der Waals surface area contributed by atoms with E-state index in [1.807, 2.05) is 33.3 Å². The van der Waals surface area contributed by atoms with E-state index in [1.54, 1.807) is 0 Å². The van der Waals surface area contributed by atoms with Crippen LogP contribution in [0.4, 0.5) is 20.3 Å². The lowest BCUT2D eigenvalue weighted by Crippen LogP contribution is -2.40. The van der Waals surface area contributed by atoms with Gasteiger partial charge in [0.2, 0.25) is 0 Å². The molecule has 1 aromatic carbocycles. The predicted octanol–water partition coefficient (Wildman–Crippen LogP) is 4.31. The van der Waals surface area contributed by atoms with Gasteiger partial charge in [-0.05, 0) is 56.4 Å². The number of hydrogen-bond acceptors (Lipinski definition) is 4. The van der Waals surface area contributed by atoms with Crippen LogP contribution >= 0.6 is 12.4 Å². The van der Waals surface area contributed by atoms with E-state index in [2.05, 4.69) is 20.5 Å². The molecule has 1 saturated carbocycles. The Hall–Kier alpha value is -2.41. The topological polar surface area (TPSA) is 57.3 Å². The SMILES string of the molecule is Cc1cnc(NC2CCC(NC(=O)c3ccc(F)c(F)c3)CC2)cc1N(C)C.Cl. The zero-order valence-electron chi connectivity index (χ0n) is 16.8. The number of aryl methyl sites for hydroxylation is 1. The standard InChI is InChI=1S/C21H26F2N4O.ClH/c1-13-12-24-20(11-19(13)27(2)3)25-15-5-7-16(8-6-15)26-21(28)14-4-9-17(22)18(23)10-14;/h4,9-12,15-16H,5-8H2,1-3H3,(H,24,25)(H,26,28);1H. The normalized spacial score (nSPS) is 18.5. The highest BCUT2D eigenvalue weighted by Crippen LogP contribution is 2.25. The van der Waals surface area contributed by atoms with Crippen molar-refractivity contribution in [1.82, 2.24) is 10.3 Å². The molecule has 2 N–H and O–H groups in total. The minimum absolute atomic E-state index is 0. The van der Waals surface area contributed by atoms with Crippen LogP contribution in [0.5, 0.6) is 0 Å². The summed E-state index contributed by atoms with van der Waals surface area (Å²) in [5.41, 5.74) is 2.39. The molecule has 0 radical (unpaired) electrons. The molecule has 29 heavy (non-hydrogen) atoms. The number of carbonyl (C=O) groups excluding carboxylic acids is 1. The van der Waals surface area contributed by atoms with Gasteiger partial charge < -0.3 is 15.5 Å². The molecule has 0 atom stereocenters. The average molecular weight is 425 g/mol.